The average molecular weight is 409 g/mol. The quantitative estimate of drug-likeness (QED) is 0.745. The van der Waals surface area contributed by atoms with Crippen LogP contribution >= 0.6 is 22.6 Å². The Kier molecular flexibility index (Phi) is 5.88. The van der Waals surface area contributed by atoms with Crippen molar-refractivity contribution in [3.05, 3.63) is 63.5 Å². The predicted molar refractivity (Wildman–Crippen MR) is 92.3 cm³/mol. The van der Waals surface area contributed by atoms with E-state index in [0.717, 1.165) is 9.13 Å². The number of aromatic nitrogens is 1. The van der Waals surface area contributed by atoms with E-state index in [1.54, 1.807) is 24.5 Å². The molecule has 0 bridgehead atoms. The lowest BCUT2D eigenvalue weighted by atomic mass is 10.1. The molecule has 1 aromatic heterocycles. The summed E-state index contributed by atoms with van der Waals surface area (Å²) in [7, 11) is 0. The third kappa shape index (κ3) is 4.52. The van der Waals surface area contributed by atoms with Gasteiger partial charge in [0.15, 0.2) is 0 Å². The Morgan fingerprint density at radius 3 is 2.68 bits per heavy atom. The van der Waals surface area contributed by atoms with Crippen molar-refractivity contribution in [3.8, 4) is 0 Å². The number of hydrogen-bond acceptors (Lipinski definition) is 3. The lowest BCUT2D eigenvalue weighted by Gasteiger charge is -2.14. The van der Waals surface area contributed by atoms with Gasteiger partial charge in [0.25, 0.3) is 5.91 Å². The van der Waals surface area contributed by atoms with Gasteiger partial charge in [0.2, 0.25) is 5.91 Å². The number of rotatable bonds is 5. The molecule has 0 aliphatic heterocycles. The molecule has 22 heavy (non-hydrogen) atoms. The van der Waals surface area contributed by atoms with E-state index in [2.05, 4.69) is 38.2 Å². The van der Waals surface area contributed by atoms with Crippen LogP contribution in [0.3, 0.4) is 0 Å². The number of amides is 2. The number of carbonyl (C=O) groups is 2. The van der Waals surface area contributed by atoms with Gasteiger partial charge in [-0.15, -0.1) is 0 Å². The lowest BCUT2D eigenvalue weighted by molar-refractivity contribution is -0.120. The fourth-order valence-corrected chi connectivity index (χ4v) is 2.54. The van der Waals surface area contributed by atoms with Crippen LogP contribution in [0.1, 0.15) is 28.9 Å². The van der Waals surface area contributed by atoms with Crippen LogP contribution in [0.2, 0.25) is 0 Å². The normalized spacial score (nSPS) is 11.5. The van der Waals surface area contributed by atoms with Gasteiger partial charge in [0, 0.05) is 16.0 Å². The Hall–Kier alpha value is -1.96. The molecule has 0 spiro atoms. The van der Waals surface area contributed by atoms with E-state index in [1.807, 2.05) is 31.2 Å². The zero-order chi connectivity index (χ0) is 15.9. The van der Waals surface area contributed by atoms with E-state index >= 15 is 0 Å². The van der Waals surface area contributed by atoms with Gasteiger partial charge in [-0.1, -0.05) is 18.2 Å². The summed E-state index contributed by atoms with van der Waals surface area (Å²) in [6.07, 6.45) is 3.38. The minimum absolute atomic E-state index is 0.0611. The van der Waals surface area contributed by atoms with Crippen molar-refractivity contribution in [1.82, 2.24) is 15.6 Å². The van der Waals surface area contributed by atoms with E-state index < -0.39 is 0 Å². The molecular formula is C16H16IN3O2. The molecule has 6 heteroatoms. The zero-order valence-corrected chi connectivity index (χ0v) is 14.2. The number of benzene rings is 1. The summed E-state index contributed by atoms with van der Waals surface area (Å²) in [5, 5.41) is 5.45. The summed E-state index contributed by atoms with van der Waals surface area (Å²) in [5.74, 6) is -0.496. The maximum absolute atomic E-state index is 12.0. The van der Waals surface area contributed by atoms with Crippen molar-refractivity contribution in [1.29, 1.82) is 0 Å². The fraction of sp³-hybridized carbons (Fsp3) is 0.188. The van der Waals surface area contributed by atoms with Crippen molar-refractivity contribution < 1.29 is 9.59 Å². The van der Waals surface area contributed by atoms with Crippen LogP contribution in [-0.4, -0.2) is 23.3 Å². The summed E-state index contributed by atoms with van der Waals surface area (Å²) in [5.41, 5.74) is 1.48. The predicted octanol–water partition coefficient (Wildman–Crippen LogP) is 2.29. The molecule has 5 nitrogen and oxygen atoms in total. The van der Waals surface area contributed by atoms with Crippen molar-refractivity contribution >= 4 is 34.4 Å². The summed E-state index contributed by atoms with van der Waals surface area (Å²) in [4.78, 5) is 27.9. The highest BCUT2D eigenvalue weighted by atomic mass is 127. The second-order valence-corrected chi connectivity index (χ2v) is 5.90. The van der Waals surface area contributed by atoms with Crippen molar-refractivity contribution in [2.75, 3.05) is 6.54 Å². The van der Waals surface area contributed by atoms with Crippen molar-refractivity contribution in [2.24, 2.45) is 0 Å². The maximum Gasteiger partial charge on any atom is 0.252 e. The van der Waals surface area contributed by atoms with Gasteiger partial charge in [0.05, 0.1) is 18.2 Å². The van der Waals surface area contributed by atoms with Crippen LogP contribution in [0.25, 0.3) is 0 Å². The molecule has 2 amide bonds. The highest BCUT2D eigenvalue weighted by Crippen LogP contribution is 2.11. The third-order valence-corrected chi connectivity index (χ3v) is 4.03. The van der Waals surface area contributed by atoms with Gasteiger partial charge in [-0.3, -0.25) is 14.6 Å². The second kappa shape index (κ2) is 7.88. The van der Waals surface area contributed by atoms with Gasteiger partial charge >= 0.3 is 0 Å². The summed E-state index contributed by atoms with van der Waals surface area (Å²) >= 11 is 2.09. The molecule has 0 saturated carbocycles. The van der Waals surface area contributed by atoms with Crippen LogP contribution in [0, 0.1) is 3.57 Å². The number of pyridine rings is 1. The molecular weight excluding hydrogens is 393 g/mol. The zero-order valence-electron chi connectivity index (χ0n) is 12.0. The van der Waals surface area contributed by atoms with Crippen molar-refractivity contribution in [3.63, 3.8) is 0 Å². The first kappa shape index (κ1) is 16.4. The summed E-state index contributed by atoms with van der Waals surface area (Å²) < 4.78 is 0.849. The lowest BCUT2D eigenvalue weighted by Crippen LogP contribution is -2.38. The largest absolute Gasteiger partial charge is 0.348 e. The molecule has 0 radical (unpaired) electrons. The van der Waals surface area contributed by atoms with Crippen LogP contribution < -0.4 is 10.6 Å². The third-order valence-electron chi connectivity index (χ3n) is 3.09. The molecule has 1 unspecified atom stereocenters. The maximum atomic E-state index is 12.0. The van der Waals surface area contributed by atoms with E-state index in [1.165, 1.54) is 0 Å². The number of nitrogens with zero attached hydrogens (tertiary/aromatic N) is 1. The van der Waals surface area contributed by atoms with Crippen molar-refractivity contribution in [2.45, 2.75) is 13.0 Å². The molecule has 2 rings (SSSR count). The SMILES string of the molecule is CC(NC(=O)CNC(=O)c1ccccc1I)c1cccnc1. The van der Waals surface area contributed by atoms with Crippen LogP contribution in [0.15, 0.2) is 48.8 Å². The van der Waals surface area contributed by atoms with E-state index in [-0.39, 0.29) is 24.4 Å². The number of hydrogen-bond donors (Lipinski definition) is 2. The van der Waals surface area contributed by atoms with Crippen LogP contribution in [0.4, 0.5) is 0 Å². The second-order valence-electron chi connectivity index (χ2n) is 4.74. The molecule has 2 N–H and O–H groups in total. The van der Waals surface area contributed by atoms with Gasteiger partial charge in [-0.2, -0.15) is 0 Å². The van der Waals surface area contributed by atoms with Crippen LogP contribution in [-0.2, 0) is 4.79 Å². The van der Waals surface area contributed by atoms with Gasteiger partial charge in [0.1, 0.15) is 0 Å². The Bertz CT molecular complexity index is 661. The molecule has 1 atom stereocenters. The Morgan fingerprint density at radius 1 is 1.23 bits per heavy atom. The molecule has 2 aromatic rings. The molecule has 0 aliphatic carbocycles. The number of carbonyl (C=O) groups excluding carboxylic acids is 2. The van der Waals surface area contributed by atoms with E-state index in [0.29, 0.717) is 5.56 Å². The summed E-state index contributed by atoms with van der Waals surface area (Å²) in [6.45, 7) is 1.81. The number of halogens is 1. The molecule has 1 aromatic carbocycles. The Balaban J connectivity index is 1.85. The first-order chi connectivity index (χ1) is 10.6. The van der Waals surface area contributed by atoms with E-state index in [9.17, 15) is 9.59 Å². The van der Waals surface area contributed by atoms with Crippen LogP contribution in [0.5, 0.6) is 0 Å². The molecule has 0 aliphatic rings. The minimum atomic E-state index is -0.255. The van der Waals surface area contributed by atoms with E-state index in [4.69, 9.17) is 0 Å². The summed E-state index contributed by atoms with van der Waals surface area (Å²) in [6, 6.07) is 10.8. The monoisotopic (exact) mass is 409 g/mol. The van der Waals surface area contributed by atoms with Gasteiger partial charge in [-0.25, -0.2) is 0 Å². The minimum Gasteiger partial charge on any atom is -0.348 e. The smallest absolute Gasteiger partial charge is 0.252 e. The topological polar surface area (TPSA) is 71.1 Å². The fourth-order valence-electron chi connectivity index (χ4n) is 1.91. The molecule has 0 saturated heterocycles. The van der Waals surface area contributed by atoms with Gasteiger partial charge in [-0.05, 0) is 53.3 Å². The first-order valence-corrected chi connectivity index (χ1v) is 7.88. The van der Waals surface area contributed by atoms with Gasteiger partial charge < -0.3 is 10.6 Å². The molecule has 114 valence electrons. The highest BCUT2D eigenvalue weighted by Gasteiger charge is 2.13. The standard InChI is InChI=1S/C16H16IN3O2/c1-11(12-5-4-8-18-9-12)20-15(21)10-19-16(22)13-6-2-3-7-14(13)17/h2-9,11H,10H2,1H3,(H,19,22)(H,20,21). The Labute approximate surface area is 142 Å². The Morgan fingerprint density at radius 2 is 2.00 bits per heavy atom. The molecule has 0 fully saturated rings. The highest BCUT2D eigenvalue weighted by molar-refractivity contribution is 14.1. The first-order valence-electron chi connectivity index (χ1n) is 6.80. The average Bonchev–Trinajstić information content (AvgIpc) is 2.54. The number of nitrogens with one attached hydrogen (secondary N) is 2. The molecule has 1 heterocycles.